The van der Waals surface area contributed by atoms with E-state index in [2.05, 4.69) is 55.7 Å². The van der Waals surface area contributed by atoms with Crippen LogP contribution < -0.4 is 10.6 Å². The summed E-state index contributed by atoms with van der Waals surface area (Å²) in [5.41, 5.74) is 3.48. The van der Waals surface area contributed by atoms with Crippen LogP contribution in [0, 0.1) is 0 Å². The van der Waals surface area contributed by atoms with Gasteiger partial charge in [-0.2, -0.15) is 0 Å². The summed E-state index contributed by atoms with van der Waals surface area (Å²) in [6.45, 7) is 6.56. The Morgan fingerprint density at radius 3 is 2.35 bits per heavy atom. The Labute approximate surface area is 149 Å². The van der Waals surface area contributed by atoms with Crippen LogP contribution in [0.25, 0.3) is 0 Å². The van der Waals surface area contributed by atoms with Gasteiger partial charge in [-0.05, 0) is 60.8 Å². The number of hydrogen-bond donors (Lipinski definition) is 2. The van der Waals surface area contributed by atoms with Crippen molar-refractivity contribution >= 4 is 34.6 Å². The number of rotatable bonds is 5. The summed E-state index contributed by atoms with van der Waals surface area (Å²) in [6.07, 6.45) is 1.15. The zero-order valence-corrected chi connectivity index (χ0v) is 15.3. The second-order valence-corrected chi connectivity index (χ2v) is 6.65. The van der Waals surface area contributed by atoms with E-state index >= 15 is 0 Å². The first-order valence-electron chi connectivity index (χ1n) is 7.92. The maximum Gasteiger partial charge on any atom is 0.171 e. The summed E-state index contributed by atoms with van der Waals surface area (Å²) in [7, 11) is 0. The van der Waals surface area contributed by atoms with E-state index < -0.39 is 0 Å². The van der Waals surface area contributed by atoms with Gasteiger partial charge in [0, 0.05) is 10.7 Å². The minimum atomic E-state index is 0.139. The summed E-state index contributed by atoms with van der Waals surface area (Å²) in [5, 5.41) is 7.74. The second-order valence-electron chi connectivity index (χ2n) is 5.81. The Kier molecular flexibility index (Phi) is 6.43. The number of hydrogen-bond acceptors (Lipinski definition) is 1. The van der Waals surface area contributed by atoms with Crippen LogP contribution in [-0.4, -0.2) is 5.11 Å². The molecule has 0 amide bonds. The van der Waals surface area contributed by atoms with Crippen molar-refractivity contribution < 1.29 is 0 Å². The first-order valence-corrected chi connectivity index (χ1v) is 8.71. The highest BCUT2D eigenvalue weighted by Crippen LogP contribution is 2.21. The van der Waals surface area contributed by atoms with E-state index in [0.717, 1.165) is 12.1 Å². The lowest BCUT2D eigenvalue weighted by molar-refractivity contribution is 0.713. The maximum absolute atomic E-state index is 5.98. The highest BCUT2D eigenvalue weighted by Gasteiger charge is 2.09. The predicted molar refractivity (Wildman–Crippen MR) is 104 cm³/mol. The van der Waals surface area contributed by atoms with E-state index in [1.165, 1.54) is 11.1 Å². The standard InChI is InChI=1S/C19H23ClN2S/c1-4-13(2)15-8-10-16(11-9-15)14(3)21-19(23)22-18-7-5-6-17(20)12-18/h5-14H,4H2,1-3H3,(H2,21,22,23). The van der Waals surface area contributed by atoms with Crippen LogP contribution in [0.2, 0.25) is 5.02 Å². The number of halogens is 1. The molecule has 2 N–H and O–H groups in total. The van der Waals surface area contributed by atoms with Gasteiger partial charge in [-0.1, -0.05) is 55.8 Å². The van der Waals surface area contributed by atoms with E-state index in [1.807, 2.05) is 24.3 Å². The molecule has 0 aliphatic heterocycles. The van der Waals surface area contributed by atoms with Crippen molar-refractivity contribution in [2.24, 2.45) is 0 Å². The number of thiocarbonyl (C=S) groups is 1. The SMILES string of the molecule is CCC(C)c1ccc(C(C)NC(=S)Nc2cccc(Cl)c2)cc1. The molecule has 0 saturated heterocycles. The molecule has 2 aromatic rings. The summed E-state index contributed by atoms with van der Waals surface area (Å²) in [4.78, 5) is 0. The van der Waals surface area contributed by atoms with Gasteiger partial charge >= 0.3 is 0 Å². The third-order valence-electron chi connectivity index (χ3n) is 4.05. The maximum atomic E-state index is 5.98. The minimum absolute atomic E-state index is 0.139. The summed E-state index contributed by atoms with van der Waals surface area (Å²) < 4.78 is 0. The van der Waals surface area contributed by atoms with E-state index in [-0.39, 0.29) is 6.04 Å². The van der Waals surface area contributed by atoms with Crippen molar-refractivity contribution in [3.8, 4) is 0 Å². The van der Waals surface area contributed by atoms with Gasteiger partial charge in [0.1, 0.15) is 0 Å². The lowest BCUT2D eigenvalue weighted by atomic mass is 9.96. The topological polar surface area (TPSA) is 24.1 Å². The quantitative estimate of drug-likeness (QED) is 0.659. The largest absolute Gasteiger partial charge is 0.356 e. The average Bonchev–Trinajstić information content (AvgIpc) is 2.54. The Morgan fingerprint density at radius 2 is 1.74 bits per heavy atom. The van der Waals surface area contributed by atoms with Gasteiger partial charge in [0.05, 0.1) is 6.04 Å². The van der Waals surface area contributed by atoms with Crippen molar-refractivity contribution in [3.05, 3.63) is 64.7 Å². The van der Waals surface area contributed by atoms with Crippen LogP contribution in [0.4, 0.5) is 5.69 Å². The molecule has 0 spiro atoms. The van der Waals surface area contributed by atoms with E-state index in [1.54, 1.807) is 0 Å². The molecule has 0 aliphatic carbocycles. The van der Waals surface area contributed by atoms with Crippen LogP contribution >= 0.6 is 23.8 Å². The number of nitrogens with one attached hydrogen (secondary N) is 2. The molecule has 2 nitrogen and oxygen atoms in total. The molecule has 0 heterocycles. The van der Waals surface area contributed by atoms with Gasteiger partial charge in [-0.15, -0.1) is 0 Å². The van der Waals surface area contributed by atoms with Gasteiger partial charge in [0.25, 0.3) is 0 Å². The molecule has 0 radical (unpaired) electrons. The first-order chi connectivity index (χ1) is 11.0. The lowest BCUT2D eigenvalue weighted by Gasteiger charge is -2.18. The summed E-state index contributed by atoms with van der Waals surface area (Å²) in [6, 6.07) is 16.4. The van der Waals surface area contributed by atoms with Crippen molar-refractivity contribution in [3.63, 3.8) is 0 Å². The van der Waals surface area contributed by atoms with Crippen molar-refractivity contribution in [1.29, 1.82) is 0 Å². The highest BCUT2D eigenvalue weighted by atomic mass is 35.5. The van der Waals surface area contributed by atoms with Gasteiger partial charge in [-0.25, -0.2) is 0 Å². The molecule has 0 saturated carbocycles. The molecular formula is C19H23ClN2S. The van der Waals surface area contributed by atoms with Crippen LogP contribution in [0.3, 0.4) is 0 Å². The zero-order chi connectivity index (χ0) is 16.8. The van der Waals surface area contributed by atoms with Crippen molar-refractivity contribution in [1.82, 2.24) is 5.32 Å². The molecule has 2 unspecified atom stereocenters. The molecule has 2 rings (SSSR count). The number of benzene rings is 2. The van der Waals surface area contributed by atoms with Crippen molar-refractivity contribution in [2.45, 2.75) is 39.2 Å². The number of anilines is 1. The Morgan fingerprint density at radius 1 is 1.09 bits per heavy atom. The fraction of sp³-hybridized carbons (Fsp3) is 0.316. The molecule has 23 heavy (non-hydrogen) atoms. The van der Waals surface area contributed by atoms with E-state index in [0.29, 0.717) is 16.1 Å². The van der Waals surface area contributed by atoms with Crippen LogP contribution in [-0.2, 0) is 0 Å². The second kappa shape index (κ2) is 8.32. The summed E-state index contributed by atoms with van der Waals surface area (Å²) in [5.74, 6) is 0.595. The zero-order valence-electron chi connectivity index (χ0n) is 13.8. The Balaban J connectivity index is 1.95. The predicted octanol–water partition coefficient (Wildman–Crippen LogP) is 5.90. The molecule has 4 heteroatoms. The molecule has 0 aliphatic rings. The van der Waals surface area contributed by atoms with Gasteiger partial charge in [0.2, 0.25) is 0 Å². The monoisotopic (exact) mass is 346 g/mol. The average molecular weight is 347 g/mol. The molecule has 2 atom stereocenters. The summed E-state index contributed by atoms with van der Waals surface area (Å²) >= 11 is 11.4. The molecular weight excluding hydrogens is 324 g/mol. The van der Waals surface area contributed by atoms with Gasteiger partial charge in [0.15, 0.2) is 5.11 Å². The molecule has 122 valence electrons. The van der Waals surface area contributed by atoms with E-state index in [4.69, 9.17) is 23.8 Å². The fourth-order valence-corrected chi connectivity index (χ4v) is 2.85. The van der Waals surface area contributed by atoms with Crippen molar-refractivity contribution in [2.75, 3.05) is 5.32 Å². The molecule has 0 aromatic heterocycles. The highest BCUT2D eigenvalue weighted by molar-refractivity contribution is 7.80. The minimum Gasteiger partial charge on any atom is -0.356 e. The van der Waals surface area contributed by atoms with Crippen LogP contribution in [0.1, 0.15) is 50.3 Å². The molecule has 2 aromatic carbocycles. The third kappa shape index (κ3) is 5.22. The fourth-order valence-electron chi connectivity index (χ4n) is 2.36. The lowest BCUT2D eigenvalue weighted by Crippen LogP contribution is -2.30. The Hall–Kier alpha value is -1.58. The molecule has 0 fully saturated rings. The van der Waals surface area contributed by atoms with Gasteiger partial charge < -0.3 is 10.6 Å². The Bertz CT molecular complexity index is 655. The third-order valence-corrected chi connectivity index (χ3v) is 4.50. The smallest absolute Gasteiger partial charge is 0.171 e. The van der Waals surface area contributed by atoms with Gasteiger partial charge in [-0.3, -0.25) is 0 Å². The first kappa shape index (κ1) is 17.8. The normalized spacial score (nSPS) is 13.2. The van der Waals surface area contributed by atoms with E-state index in [9.17, 15) is 0 Å². The van der Waals surface area contributed by atoms with Crippen LogP contribution in [0.5, 0.6) is 0 Å². The van der Waals surface area contributed by atoms with Crippen LogP contribution in [0.15, 0.2) is 48.5 Å². The molecule has 0 bridgehead atoms.